The summed E-state index contributed by atoms with van der Waals surface area (Å²) in [7, 11) is 4.02. The minimum atomic E-state index is -0.172. The molecule has 1 aromatic rings. The quantitative estimate of drug-likeness (QED) is 0.795. The van der Waals surface area contributed by atoms with Crippen LogP contribution in [0.2, 0.25) is 0 Å². The monoisotopic (exact) mass is 334 g/mol. The molecular formula is C17H26N4O3. The number of likely N-dealkylation sites (N-methyl/N-ethyl adjacent to an activating group) is 1. The predicted molar refractivity (Wildman–Crippen MR) is 89.0 cm³/mol. The van der Waals surface area contributed by atoms with Gasteiger partial charge in [-0.15, -0.1) is 0 Å². The van der Waals surface area contributed by atoms with Crippen LogP contribution in [-0.4, -0.2) is 73.4 Å². The van der Waals surface area contributed by atoms with Crippen molar-refractivity contribution in [2.75, 3.05) is 40.5 Å². The maximum absolute atomic E-state index is 12.4. The van der Waals surface area contributed by atoms with Gasteiger partial charge >= 0.3 is 0 Å². The lowest BCUT2D eigenvalue weighted by Crippen LogP contribution is -2.51. The molecule has 1 aromatic heterocycles. The molecule has 0 spiro atoms. The maximum Gasteiger partial charge on any atom is 0.254 e. The van der Waals surface area contributed by atoms with Crippen LogP contribution in [0.4, 0.5) is 0 Å². The summed E-state index contributed by atoms with van der Waals surface area (Å²) < 4.78 is 11.4. The molecule has 1 N–H and O–H groups in total. The lowest BCUT2D eigenvalue weighted by molar-refractivity contribution is -0.0561. The van der Waals surface area contributed by atoms with E-state index in [0.717, 1.165) is 31.6 Å². The summed E-state index contributed by atoms with van der Waals surface area (Å²) in [6.07, 6.45) is 6.29. The number of nitrogens with one attached hydrogen (secondary N) is 1. The summed E-state index contributed by atoms with van der Waals surface area (Å²) in [6, 6.07) is -0.142. The normalized spacial score (nSPS) is 24.1. The first-order chi connectivity index (χ1) is 11.6. The average molecular weight is 334 g/mol. The SMILES string of the molecule is CN(C)CCO[C@@H]1CCOC[C@@H]1NC(=O)c1cnc(C2CC2)nc1. The Bertz CT molecular complexity index is 545. The second kappa shape index (κ2) is 8.00. The summed E-state index contributed by atoms with van der Waals surface area (Å²) in [5, 5.41) is 3.01. The second-order valence-electron chi connectivity index (χ2n) is 6.76. The first-order valence-electron chi connectivity index (χ1n) is 8.60. The maximum atomic E-state index is 12.4. The van der Waals surface area contributed by atoms with E-state index in [1.54, 1.807) is 12.4 Å². The molecule has 2 heterocycles. The van der Waals surface area contributed by atoms with Gasteiger partial charge in [0, 0.05) is 31.5 Å². The van der Waals surface area contributed by atoms with Crippen LogP contribution in [0.5, 0.6) is 0 Å². The Kier molecular flexibility index (Phi) is 5.76. The van der Waals surface area contributed by atoms with E-state index in [2.05, 4.69) is 20.2 Å². The van der Waals surface area contributed by atoms with Crippen molar-refractivity contribution in [3.8, 4) is 0 Å². The largest absolute Gasteiger partial charge is 0.379 e. The fourth-order valence-corrected chi connectivity index (χ4v) is 2.70. The van der Waals surface area contributed by atoms with Crippen LogP contribution in [0, 0.1) is 0 Å². The zero-order valence-corrected chi connectivity index (χ0v) is 14.4. The summed E-state index contributed by atoms with van der Waals surface area (Å²) in [5.74, 6) is 1.16. The smallest absolute Gasteiger partial charge is 0.254 e. The van der Waals surface area contributed by atoms with Crippen molar-refractivity contribution in [1.82, 2.24) is 20.2 Å². The number of hydrogen-bond acceptors (Lipinski definition) is 6. The van der Waals surface area contributed by atoms with Crippen LogP contribution in [0.3, 0.4) is 0 Å². The second-order valence-corrected chi connectivity index (χ2v) is 6.76. The fraction of sp³-hybridized carbons (Fsp3) is 0.706. The van der Waals surface area contributed by atoms with E-state index in [1.807, 2.05) is 14.1 Å². The van der Waals surface area contributed by atoms with Crippen molar-refractivity contribution in [3.63, 3.8) is 0 Å². The van der Waals surface area contributed by atoms with Crippen molar-refractivity contribution in [3.05, 3.63) is 23.8 Å². The standard InChI is InChI=1S/C17H26N4O3/c1-21(2)6-8-24-15-5-7-23-11-14(15)20-17(22)13-9-18-16(19-10-13)12-3-4-12/h9-10,12,14-15H,3-8,11H2,1-2H3,(H,20,22)/t14-,15+/m0/s1. The Morgan fingerprint density at radius 3 is 2.75 bits per heavy atom. The first-order valence-corrected chi connectivity index (χ1v) is 8.60. The summed E-state index contributed by atoms with van der Waals surface area (Å²) >= 11 is 0. The molecule has 0 bridgehead atoms. The first kappa shape index (κ1) is 17.3. The van der Waals surface area contributed by atoms with Gasteiger partial charge in [-0.1, -0.05) is 0 Å². The van der Waals surface area contributed by atoms with E-state index in [4.69, 9.17) is 9.47 Å². The molecule has 2 fully saturated rings. The van der Waals surface area contributed by atoms with Crippen molar-refractivity contribution in [2.45, 2.75) is 37.3 Å². The van der Waals surface area contributed by atoms with Gasteiger partial charge in [0.05, 0.1) is 30.9 Å². The van der Waals surface area contributed by atoms with E-state index in [9.17, 15) is 4.79 Å². The number of hydrogen-bond donors (Lipinski definition) is 1. The van der Waals surface area contributed by atoms with Crippen molar-refractivity contribution in [1.29, 1.82) is 0 Å². The highest BCUT2D eigenvalue weighted by atomic mass is 16.5. The number of carbonyl (C=O) groups excluding carboxylic acids is 1. The third-order valence-corrected chi connectivity index (χ3v) is 4.36. The Hall–Kier alpha value is -1.57. The van der Waals surface area contributed by atoms with Gasteiger partial charge in [-0.05, 0) is 33.4 Å². The van der Waals surface area contributed by atoms with E-state index in [1.165, 1.54) is 0 Å². The third kappa shape index (κ3) is 4.72. The molecule has 7 heteroatoms. The average Bonchev–Trinajstić information content (AvgIpc) is 3.41. The molecule has 3 rings (SSSR count). The zero-order chi connectivity index (χ0) is 16.9. The molecule has 0 aromatic carbocycles. The molecule has 0 radical (unpaired) electrons. The van der Waals surface area contributed by atoms with Crippen molar-refractivity contribution in [2.24, 2.45) is 0 Å². The zero-order valence-electron chi connectivity index (χ0n) is 14.4. The Morgan fingerprint density at radius 2 is 2.08 bits per heavy atom. The van der Waals surface area contributed by atoms with Crippen LogP contribution in [0.25, 0.3) is 0 Å². The number of nitrogens with zero attached hydrogens (tertiary/aromatic N) is 3. The highest BCUT2D eigenvalue weighted by Crippen LogP contribution is 2.37. The number of rotatable bonds is 7. The summed E-state index contributed by atoms with van der Waals surface area (Å²) in [6.45, 7) is 2.63. The Labute approximate surface area is 142 Å². The molecule has 7 nitrogen and oxygen atoms in total. The predicted octanol–water partition coefficient (Wildman–Crippen LogP) is 0.820. The highest BCUT2D eigenvalue weighted by molar-refractivity contribution is 5.93. The number of ether oxygens (including phenoxy) is 2. The molecule has 24 heavy (non-hydrogen) atoms. The van der Waals surface area contributed by atoms with Crippen molar-refractivity contribution >= 4 is 5.91 Å². The number of carbonyl (C=O) groups is 1. The van der Waals surface area contributed by atoms with Gasteiger partial charge in [0.25, 0.3) is 5.91 Å². The summed E-state index contributed by atoms with van der Waals surface area (Å²) in [4.78, 5) is 23.1. The lowest BCUT2D eigenvalue weighted by atomic mass is 10.1. The van der Waals surface area contributed by atoms with E-state index in [0.29, 0.717) is 31.3 Å². The molecule has 132 valence electrons. The minimum Gasteiger partial charge on any atom is -0.379 e. The molecule has 1 saturated heterocycles. The Morgan fingerprint density at radius 1 is 1.33 bits per heavy atom. The third-order valence-electron chi connectivity index (χ3n) is 4.36. The van der Waals surface area contributed by atoms with Crippen LogP contribution in [-0.2, 0) is 9.47 Å². The van der Waals surface area contributed by atoms with E-state index < -0.39 is 0 Å². The minimum absolute atomic E-state index is 0.0192. The number of aromatic nitrogens is 2. The van der Waals surface area contributed by atoms with Gasteiger partial charge in [-0.2, -0.15) is 0 Å². The lowest BCUT2D eigenvalue weighted by Gasteiger charge is -2.32. The van der Waals surface area contributed by atoms with Gasteiger partial charge in [0.1, 0.15) is 5.82 Å². The van der Waals surface area contributed by atoms with Gasteiger partial charge in [-0.3, -0.25) is 4.79 Å². The van der Waals surface area contributed by atoms with Gasteiger partial charge in [0.2, 0.25) is 0 Å². The highest BCUT2D eigenvalue weighted by Gasteiger charge is 2.29. The molecule has 2 atom stereocenters. The van der Waals surface area contributed by atoms with E-state index in [-0.39, 0.29) is 18.1 Å². The molecule has 2 aliphatic rings. The van der Waals surface area contributed by atoms with Crippen LogP contribution in [0.15, 0.2) is 12.4 Å². The molecular weight excluding hydrogens is 308 g/mol. The molecule has 1 saturated carbocycles. The van der Waals surface area contributed by atoms with Gasteiger partial charge in [0.15, 0.2) is 0 Å². The molecule has 1 amide bonds. The Balaban J connectivity index is 1.54. The van der Waals surface area contributed by atoms with Crippen molar-refractivity contribution < 1.29 is 14.3 Å². The van der Waals surface area contributed by atoms with Crippen LogP contribution >= 0.6 is 0 Å². The van der Waals surface area contributed by atoms with Gasteiger partial charge < -0.3 is 19.7 Å². The fourth-order valence-electron chi connectivity index (χ4n) is 2.70. The van der Waals surface area contributed by atoms with Crippen LogP contribution in [0.1, 0.15) is 41.4 Å². The number of amides is 1. The van der Waals surface area contributed by atoms with Gasteiger partial charge in [-0.25, -0.2) is 9.97 Å². The topological polar surface area (TPSA) is 76.6 Å². The summed E-state index contributed by atoms with van der Waals surface area (Å²) in [5.41, 5.74) is 0.483. The molecule has 1 aliphatic carbocycles. The molecule has 0 unspecified atom stereocenters. The van der Waals surface area contributed by atoms with Crippen LogP contribution < -0.4 is 5.32 Å². The molecule has 1 aliphatic heterocycles. The van der Waals surface area contributed by atoms with E-state index >= 15 is 0 Å².